The lowest BCUT2D eigenvalue weighted by atomic mass is 10.2. The number of aromatic amines is 1. The average Bonchev–Trinajstić information content (AvgIpc) is 3.28. The maximum absolute atomic E-state index is 12.5. The Kier molecular flexibility index (Phi) is 6.17. The molecular weight excluding hydrogens is 332 g/mol. The molecule has 3 rings (SSSR count). The van der Waals surface area contributed by atoms with Crippen LogP contribution in [-0.4, -0.2) is 39.0 Å². The van der Waals surface area contributed by atoms with Crippen LogP contribution in [0.4, 0.5) is 0 Å². The van der Waals surface area contributed by atoms with Gasteiger partial charge in [-0.25, -0.2) is 4.98 Å². The Balaban J connectivity index is 1.49. The van der Waals surface area contributed by atoms with Crippen molar-refractivity contribution in [2.24, 2.45) is 0 Å². The fourth-order valence-corrected chi connectivity index (χ4v) is 3.37. The Bertz CT molecular complexity index is 764. The van der Waals surface area contributed by atoms with Crippen LogP contribution >= 0.6 is 11.8 Å². The van der Waals surface area contributed by atoms with Crippen LogP contribution in [0.1, 0.15) is 24.7 Å². The third kappa shape index (κ3) is 4.66. The van der Waals surface area contributed by atoms with E-state index in [2.05, 4.69) is 21.5 Å². The minimum absolute atomic E-state index is 0.0925. The molecule has 0 aliphatic carbocycles. The average molecular weight is 356 g/mol. The molecule has 1 aromatic carbocycles. The first-order valence-electron chi connectivity index (χ1n) is 8.60. The van der Waals surface area contributed by atoms with Gasteiger partial charge in [0.1, 0.15) is 11.9 Å². The molecule has 1 amide bonds. The number of fused-ring (bicyclic) bond motifs is 1. The SMILES string of the molecule is CSCCC(C(=O)NCCCc1nc2ccccc2[nH]1)n1cccc1. The summed E-state index contributed by atoms with van der Waals surface area (Å²) < 4.78 is 1.99. The number of carbonyl (C=O) groups excluding carboxylic acids is 1. The number of nitrogens with zero attached hydrogens (tertiary/aromatic N) is 2. The highest BCUT2D eigenvalue weighted by Crippen LogP contribution is 2.15. The van der Waals surface area contributed by atoms with Crippen LogP contribution in [0, 0.1) is 0 Å². The number of imidazole rings is 1. The number of rotatable bonds is 9. The summed E-state index contributed by atoms with van der Waals surface area (Å²) in [6, 6.07) is 11.8. The number of thioether (sulfide) groups is 1. The molecule has 0 fully saturated rings. The molecule has 1 atom stereocenters. The van der Waals surface area contributed by atoms with Gasteiger partial charge in [0.25, 0.3) is 0 Å². The van der Waals surface area contributed by atoms with Crippen molar-refractivity contribution >= 4 is 28.7 Å². The first-order valence-corrected chi connectivity index (χ1v) is 10.00. The Morgan fingerprint density at radius 1 is 1.28 bits per heavy atom. The van der Waals surface area contributed by atoms with Crippen molar-refractivity contribution in [1.29, 1.82) is 0 Å². The number of carbonyl (C=O) groups is 1. The van der Waals surface area contributed by atoms with E-state index in [4.69, 9.17) is 0 Å². The largest absolute Gasteiger partial charge is 0.354 e. The number of nitrogens with one attached hydrogen (secondary N) is 2. The summed E-state index contributed by atoms with van der Waals surface area (Å²) in [5.74, 6) is 2.03. The van der Waals surface area contributed by atoms with Gasteiger partial charge in [0.05, 0.1) is 11.0 Å². The third-order valence-electron chi connectivity index (χ3n) is 4.21. The van der Waals surface area contributed by atoms with E-state index in [1.807, 2.05) is 53.4 Å². The van der Waals surface area contributed by atoms with Crippen LogP contribution < -0.4 is 5.32 Å². The van der Waals surface area contributed by atoms with Gasteiger partial charge in [0, 0.05) is 25.4 Å². The predicted molar refractivity (Wildman–Crippen MR) is 104 cm³/mol. The maximum atomic E-state index is 12.5. The summed E-state index contributed by atoms with van der Waals surface area (Å²) in [5.41, 5.74) is 2.05. The minimum atomic E-state index is -0.131. The molecule has 2 aromatic heterocycles. The number of hydrogen-bond donors (Lipinski definition) is 2. The third-order valence-corrected chi connectivity index (χ3v) is 4.86. The van der Waals surface area contributed by atoms with Crippen molar-refractivity contribution in [1.82, 2.24) is 19.9 Å². The molecule has 0 saturated heterocycles. The number of H-pyrrole nitrogens is 1. The summed E-state index contributed by atoms with van der Waals surface area (Å²) in [5, 5.41) is 3.07. The Hall–Kier alpha value is -2.21. The van der Waals surface area contributed by atoms with Gasteiger partial charge in [0.2, 0.25) is 5.91 Å². The van der Waals surface area contributed by atoms with Crippen molar-refractivity contribution in [3.05, 3.63) is 54.6 Å². The minimum Gasteiger partial charge on any atom is -0.354 e. The molecule has 132 valence electrons. The molecule has 0 saturated carbocycles. The van der Waals surface area contributed by atoms with Crippen molar-refractivity contribution < 1.29 is 4.79 Å². The van der Waals surface area contributed by atoms with Crippen molar-refractivity contribution in [3.8, 4) is 0 Å². The van der Waals surface area contributed by atoms with E-state index in [0.29, 0.717) is 6.54 Å². The highest BCUT2D eigenvalue weighted by atomic mass is 32.2. The van der Waals surface area contributed by atoms with Crippen molar-refractivity contribution in [3.63, 3.8) is 0 Å². The molecule has 0 radical (unpaired) electrons. The van der Waals surface area contributed by atoms with E-state index < -0.39 is 0 Å². The normalized spacial score (nSPS) is 12.4. The van der Waals surface area contributed by atoms with E-state index in [9.17, 15) is 4.79 Å². The van der Waals surface area contributed by atoms with Crippen LogP contribution in [0.3, 0.4) is 0 Å². The molecule has 1 unspecified atom stereocenters. The number of aromatic nitrogens is 3. The van der Waals surface area contributed by atoms with Crippen molar-refractivity contribution in [2.75, 3.05) is 18.6 Å². The fraction of sp³-hybridized carbons (Fsp3) is 0.368. The van der Waals surface area contributed by atoms with E-state index in [0.717, 1.165) is 41.9 Å². The highest BCUT2D eigenvalue weighted by molar-refractivity contribution is 7.98. The molecule has 2 N–H and O–H groups in total. The van der Waals surface area contributed by atoms with E-state index in [1.54, 1.807) is 11.8 Å². The molecule has 0 bridgehead atoms. The van der Waals surface area contributed by atoms with Gasteiger partial charge in [0.15, 0.2) is 0 Å². The maximum Gasteiger partial charge on any atom is 0.243 e. The van der Waals surface area contributed by atoms with E-state index in [1.165, 1.54) is 0 Å². The number of para-hydroxylation sites is 2. The topological polar surface area (TPSA) is 62.7 Å². The van der Waals surface area contributed by atoms with Gasteiger partial charge in [-0.2, -0.15) is 11.8 Å². The summed E-state index contributed by atoms with van der Waals surface area (Å²) in [6.45, 7) is 0.660. The zero-order valence-electron chi connectivity index (χ0n) is 14.4. The molecule has 25 heavy (non-hydrogen) atoms. The number of benzene rings is 1. The fourth-order valence-electron chi connectivity index (χ4n) is 2.91. The Morgan fingerprint density at radius 3 is 2.84 bits per heavy atom. The van der Waals surface area contributed by atoms with Gasteiger partial charge in [-0.1, -0.05) is 12.1 Å². The number of aryl methyl sites for hydroxylation is 1. The van der Waals surface area contributed by atoms with Crippen LogP contribution in [0.15, 0.2) is 48.8 Å². The number of hydrogen-bond acceptors (Lipinski definition) is 3. The molecule has 3 aromatic rings. The summed E-state index contributed by atoms with van der Waals surface area (Å²) in [6.07, 6.45) is 8.52. The van der Waals surface area contributed by atoms with Crippen LogP contribution in [0.25, 0.3) is 11.0 Å². The van der Waals surface area contributed by atoms with Gasteiger partial charge >= 0.3 is 0 Å². The van der Waals surface area contributed by atoms with Gasteiger partial charge in [-0.15, -0.1) is 0 Å². The molecule has 5 nitrogen and oxygen atoms in total. The Labute approximate surface area is 152 Å². The monoisotopic (exact) mass is 356 g/mol. The van der Waals surface area contributed by atoms with Gasteiger partial charge in [-0.3, -0.25) is 4.79 Å². The van der Waals surface area contributed by atoms with Crippen LogP contribution in [0.5, 0.6) is 0 Å². The molecule has 0 aliphatic rings. The lowest BCUT2D eigenvalue weighted by molar-refractivity contribution is -0.124. The quantitative estimate of drug-likeness (QED) is 0.578. The van der Waals surface area contributed by atoms with Crippen LogP contribution in [0.2, 0.25) is 0 Å². The first kappa shape index (κ1) is 17.6. The van der Waals surface area contributed by atoms with Gasteiger partial charge < -0.3 is 14.9 Å². The number of amides is 1. The summed E-state index contributed by atoms with van der Waals surface area (Å²) >= 11 is 1.77. The summed E-state index contributed by atoms with van der Waals surface area (Å²) in [4.78, 5) is 20.4. The molecule has 0 aliphatic heterocycles. The second-order valence-electron chi connectivity index (χ2n) is 6.02. The van der Waals surface area contributed by atoms with E-state index >= 15 is 0 Å². The molecular formula is C19H24N4OS. The molecule has 6 heteroatoms. The summed E-state index contributed by atoms with van der Waals surface area (Å²) in [7, 11) is 0. The Morgan fingerprint density at radius 2 is 2.08 bits per heavy atom. The lowest BCUT2D eigenvalue weighted by Crippen LogP contribution is -2.33. The van der Waals surface area contributed by atoms with E-state index in [-0.39, 0.29) is 11.9 Å². The first-order chi connectivity index (χ1) is 12.3. The second-order valence-corrected chi connectivity index (χ2v) is 7.01. The zero-order chi connectivity index (χ0) is 17.5. The van der Waals surface area contributed by atoms with Gasteiger partial charge in [-0.05, 0) is 49.1 Å². The molecule has 2 heterocycles. The van der Waals surface area contributed by atoms with Crippen LogP contribution in [-0.2, 0) is 11.2 Å². The predicted octanol–water partition coefficient (Wildman–Crippen LogP) is 3.41. The van der Waals surface area contributed by atoms with Crippen molar-refractivity contribution in [2.45, 2.75) is 25.3 Å². The lowest BCUT2D eigenvalue weighted by Gasteiger charge is -2.18. The smallest absolute Gasteiger partial charge is 0.243 e. The standard InChI is InChI=1S/C19H24N4OS/c1-25-14-10-17(23-12-4-5-13-23)19(24)20-11-6-9-18-21-15-7-2-3-8-16(15)22-18/h2-5,7-8,12-13,17H,6,9-11,14H2,1H3,(H,20,24)(H,21,22). The zero-order valence-corrected chi connectivity index (χ0v) is 15.3. The highest BCUT2D eigenvalue weighted by Gasteiger charge is 2.18. The molecule has 0 spiro atoms. The second kappa shape index (κ2) is 8.76.